The summed E-state index contributed by atoms with van der Waals surface area (Å²) in [6.45, 7) is 0. The minimum atomic E-state index is -0.232. The number of halogens is 1. The van der Waals surface area contributed by atoms with Gasteiger partial charge in [0.15, 0.2) is 0 Å². The van der Waals surface area contributed by atoms with Crippen LogP contribution in [0.3, 0.4) is 0 Å². The fraction of sp³-hybridized carbons (Fsp3) is 0. The monoisotopic (exact) mass is 220 g/mol. The van der Waals surface area contributed by atoms with Crippen molar-refractivity contribution in [1.82, 2.24) is 4.57 Å². The normalized spacial score (nSPS) is 10.2. The molecule has 1 heterocycles. The first-order valence-corrected chi connectivity index (χ1v) is 4.79. The summed E-state index contributed by atoms with van der Waals surface area (Å²) in [6, 6.07) is 10.3. The first-order valence-electron chi connectivity index (χ1n) is 4.41. The van der Waals surface area contributed by atoms with E-state index in [1.165, 1.54) is 4.57 Å². The Morgan fingerprint density at radius 2 is 1.80 bits per heavy atom. The van der Waals surface area contributed by atoms with Crippen molar-refractivity contribution in [2.24, 2.45) is 0 Å². The zero-order chi connectivity index (χ0) is 10.8. The second-order valence-corrected chi connectivity index (χ2v) is 3.53. The molecule has 0 fully saturated rings. The Labute approximate surface area is 91.7 Å². The lowest BCUT2D eigenvalue weighted by molar-refractivity contribution is 0.991. The van der Waals surface area contributed by atoms with E-state index < -0.39 is 0 Å². The number of anilines is 1. The molecule has 4 heteroatoms. The zero-order valence-corrected chi connectivity index (χ0v) is 8.61. The summed E-state index contributed by atoms with van der Waals surface area (Å²) in [7, 11) is 0. The number of hydrogen-bond acceptors (Lipinski definition) is 2. The van der Waals surface area contributed by atoms with Gasteiger partial charge in [0.2, 0.25) is 0 Å². The maximum absolute atomic E-state index is 11.7. The number of nitrogen functional groups attached to an aromatic ring is 1. The van der Waals surface area contributed by atoms with E-state index in [1.54, 1.807) is 42.6 Å². The van der Waals surface area contributed by atoms with Crippen molar-refractivity contribution in [3.63, 3.8) is 0 Å². The molecule has 2 rings (SSSR count). The predicted molar refractivity (Wildman–Crippen MR) is 61.5 cm³/mol. The lowest BCUT2D eigenvalue weighted by atomic mass is 10.3. The predicted octanol–water partition coefficient (Wildman–Crippen LogP) is 2.07. The molecule has 76 valence electrons. The van der Waals surface area contributed by atoms with Gasteiger partial charge in [-0.3, -0.25) is 9.36 Å². The summed E-state index contributed by atoms with van der Waals surface area (Å²) in [5.74, 6) is 0. The van der Waals surface area contributed by atoms with Gasteiger partial charge in [0, 0.05) is 17.6 Å². The van der Waals surface area contributed by atoms with Crippen LogP contribution < -0.4 is 11.3 Å². The molecule has 3 nitrogen and oxygen atoms in total. The third-order valence-corrected chi connectivity index (χ3v) is 2.36. The number of hydrogen-bond donors (Lipinski definition) is 1. The van der Waals surface area contributed by atoms with Gasteiger partial charge < -0.3 is 5.73 Å². The average Bonchev–Trinajstić information content (AvgIpc) is 2.24. The number of aromatic nitrogens is 1. The third kappa shape index (κ3) is 1.87. The van der Waals surface area contributed by atoms with Crippen LogP contribution in [0.2, 0.25) is 5.02 Å². The first-order chi connectivity index (χ1) is 7.18. The van der Waals surface area contributed by atoms with E-state index in [2.05, 4.69) is 0 Å². The molecular formula is C11H9ClN2O. The Bertz CT molecular complexity index is 531. The molecule has 0 bridgehead atoms. The van der Waals surface area contributed by atoms with E-state index in [-0.39, 0.29) is 10.6 Å². The van der Waals surface area contributed by atoms with Gasteiger partial charge in [-0.1, -0.05) is 11.6 Å². The largest absolute Gasteiger partial charge is 0.399 e. The van der Waals surface area contributed by atoms with Gasteiger partial charge in [0.05, 0.1) is 0 Å². The molecule has 0 spiro atoms. The van der Waals surface area contributed by atoms with Gasteiger partial charge in [-0.15, -0.1) is 0 Å². The zero-order valence-electron chi connectivity index (χ0n) is 7.85. The van der Waals surface area contributed by atoms with Gasteiger partial charge in [-0.25, -0.2) is 0 Å². The van der Waals surface area contributed by atoms with Crippen LogP contribution in [0.5, 0.6) is 0 Å². The third-order valence-electron chi connectivity index (χ3n) is 2.07. The number of pyridine rings is 1. The van der Waals surface area contributed by atoms with E-state index in [9.17, 15) is 4.79 Å². The van der Waals surface area contributed by atoms with Crippen molar-refractivity contribution in [3.05, 3.63) is 58.0 Å². The van der Waals surface area contributed by atoms with Gasteiger partial charge in [0.25, 0.3) is 5.56 Å². The van der Waals surface area contributed by atoms with Crippen molar-refractivity contribution in [3.8, 4) is 5.69 Å². The summed E-state index contributed by atoms with van der Waals surface area (Å²) in [6.07, 6.45) is 1.67. The molecule has 0 aliphatic rings. The van der Waals surface area contributed by atoms with Crippen molar-refractivity contribution in [1.29, 1.82) is 0 Å². The van der Waals surface area contributed by atoms with Crippen LogP contribution in [-0.4, -0.2) is 4.57 Å². The number of rotatable bonds is 1. The fourth-order valence-electron chi connectivity index (χ4n) is 1.31. The van der Waals surface area contributed by atoms with Crippen LogP contribution in [0, 0.1) is 0 Å². The molecule has 15 heavy (non-hydrogen) atoms. The maximum Gasteiger partial charge on any atom is 0.273 e. The minimum absolute atomic E-state index is 0.203. The molecule has 0 atom stereocenters. The van der Waals surface area contributed by atoms with E-state index in [0.717, 1.165) is 5.69 Å². The summed E-state index contributed by atoms with van der Waals surface area (Å²) < 4.78 is 1.47. The maximum atomic E-state index is 11.7. The molecular weight excluding hydrogens is 212 g/mol. The molecule has 0 aliphatic heterocycles. The molecule has 0 saturated heterocycles. The molecule has 0 radical (unpaired) electrons. The van der Waals surface area contributed by atoms with Crippen molar-refractivity contribution < 1.29 is 0 Å². The van der Waals surface area contributed by atoms with Crippen LogP contribution in [0.4, 0.5) is 5.69 Å². The highest BCUT2D eigenvalue weighted by molar-refractivity contribution is 6.30. The van der Waals surface area contributed by atoms with Crippen LogP contribution in [0.15, 0.2) is 47.4 Å². The van der Waals surface area contributed by atoms with Gasteiger partial charge >= 0.3 is 0 Å². The molecule has 1 aromatic carbocycles. The SMILES string of the molecule is Nc1ccc(-n2cccc(Cl)c2=O)cc1. The second kappa shape index (κ2) is 3.79. The Morgan fingerprint density at radius 3 is 2.47 bits per heavy atom. The van der Waals surface area contributed by atoms with Crippen molar-refractivity contribution in [2.75, 3.05) is 5.73 Å². The number of nitrogens with two attached hydrogens (primary N) is 1. The summed E-state index contributed by atoms with van der Waals surface area (Å²) in [4.78, 5) is 11.7. The van der Waals surface area contributed by atoms with E-state index in [4.69, 9.17) is 17.3 Å². The minimum Gasteiger partial charge on any atom is -0.399 e. The summed E-state index contributed by atoms with van der Waals surface area (Å²) >= 11 is 5.74. The van der Waals surface area contributed by atoms with Gasteiger partial charge in [-0.2, -0.15) is 0 Å². The fourth-order valence-corrected chi connectivity index (χ4v) is 1.47. The molecule has 0 amide bonds. The highest BCUT2D eigenvalue weighted by Gasteiger charge is 2.01. The Hall–Kier alpha value is -1.74. The molecule has 2 aromatic rings. The molecule has 0 aliphatic carbocycles. The molecule has 1 aromatic heterocycles. The van der Waals surface area contributed by atoms with E-state index >= 15 is 0 Å². The van der Waals surface area contributed by atoms with Crippen molar-refractivity contribution >= 4 is 17.3 Å². The van der Waals surface area contributed by atoms with Gasteiger partial charge in [0.1, 0.15) is 5.02 Å². The van der Waals surface area contributed by atoms with Gasteiger partial charge in [-0.05, 0) is 36.4 Å². The average molecular weight is 221 g/mol. The summed E-state index contributed by atoms with van der Waals surface area (Å²) in [5.41, 5.74) is 6.73. The van der Waals surface area contributed by atoms with E-state index in [0.29, 0.717) is 5.69 Å². The molecule has 0 unspecified atom stereocenters. The van der Waals surface area contributed by atoms with Crippen LogP contribution in [-0.2, 0) is 0 Å². The van der Waals surface area contributed by atoms with Crippen molar-refractivity contribution in [2.45, 2.75) is 0 Å². The van der Waals surface area contributed by atoms with Crippen LogP contribution in [0.1, 0.15) is 0 Å². The van der Waals surface area contributed by atoms with Crippen LogP contribution >= 0.6 is 11.6 Å². The standard InChI is InChI=1S/C11H9ClN2O/c12-10-2-1-7-14(11(10)15)9-5-3-8(13)4-6-9/h1-7H,13H2. The second-order valence-electron chi connectivity index (χ2n) is 3.12. The smallest absolute Gasteiger partial charge is 0.273 e. The molecule has 2 N–H and O–H groups in total. The van der Waals surface area contributed by atoms with E-state index in [1.807, 2.05) is 0 Å². The lowest BCUT2D eigenvalue weighted by Crippen LogP contribution is -2.17. The Balaban J connectivity index is 2.59. The summed E-state index contributed by atoms with van der Waals surface area (Å²) in [5, 5.41) is 0.203. The first kappa shape index (κ1) is 9.80. The highest BCUT2D eigenvalue weighted by Crippen LogP contribution is 2.10. The quantitative estimate of drug-likeness (QED) is 0.748. The topological polar surface area (TPSA) is 48.0 Å². The number of benzene rings is 1. The number of nitrogens with zero attached hydrogens (tertiary/aromatic N) is 1. The lowest BCUT2D eigenvalue weighted by Gasteiger charge is -2.05. The molecule has 0 saturated carbocycles. The highest BCUT2D eigenvalue weighted by atomic mass is 35.5. The Morgan fingerprint density at radius 1 is 1.13 bits per heavy atom. The van der Waals surface area contributed by atoms with Crippen LogP contribution in [0.25, 0.3) is 5.69 Å². The Kier molecular flexibility index (Phi) is 2.47.